The molecule has 0 radical (unpaired) electrons. The second-order valence-electron chi connectivity index (χ2n) is 4.97. The number of rotatable bonds is 3. The predicted molar refractivity (Wildman–Crippen MR) is 86.6 cm³/mol. The Hall–Kier alpha value is -3.66. The van der Waals surface area contributed by atoms with Crippen LogP contribution < -0.4 is 5.32 Å². The van der Waals surface area contributed by atoms with Gasteiger partial charge in [-0.2, -0.15) is 15.0 Å². The average molecular weight is 319 g/mol. The molecule has 0 aliphatic carbocycles. The topological polar surface area (TPSA) is 104 Å². The Balaban J connectivity index is 1.94. The zero-order valence-corrected chi connectivity index (χ0v) is 12.8. The molecule has 7 heteroatoms. The molecular weight excluding hydrogens is 306 g/mol. The summed E-state index contributed by atoms with van der Waals surface area (Å²) in [4.78, 5) is 15.7. The minimum atomic E-state index is -0.239. The Morgan fingerprint density at radius 1 is 1.21 bits per heavy atom. The van der Waals surface area contributed by atoms with Crippen LogP contribution in [0, 0.1) is 11.3 Å². The summed E-state index contributed by atoms with van der Waals surface area (Å²) >= 11 is 0. The molecule has 0 fully saturated rings. The van der Waals surface area contributed by atoms with E-state index < -0.39 is 0 Å². The number of carbonyl (C=O) groups excluding carboxylic acids is 1. The Kier molecular flexibility index (Phi) is 3.95. The minimum Gasteiger partial charge on any atom is -0.493 e. The maximum Gasteiger partial charge on any atom is 0.252 e. The van der Waals surface area contributed by atoms with Crippen molar-refractivity contribution in [3.63, 3.8) is 0 Å². The van der Waals surface area contributed by atoms with Gasteiger partial charge in [0.2, 0.25) is 5.88 Å². The molecule has 1 amide bonds. The molecule has 0 saturated heterocycles. The summed E-state index contributed by atoms with van der Waals surface area (Å²) in [7, 11) is 1.54. The van der Waals surface area contributed by atoms with Crippen molar-refractivity contribution in [2.45, 2.75) is 0 Å². The van der Waals surface area contributed by atoms with Crippen LogP contribution in [0.3, 0.4) is 0 Å². The van der Waals surface area contributed by atoms with Gasteiger partial charge in [0.25, 0.3) is 5.91 Å². The van der Waals surface area contributed by atoms with Crippen LogP contribution in [-0.4, -0.2) is 32.8 Å². The van der Waals surface area contributed by atoms with Crippen molar-refractivity contribution in [1.29, 1.82) is 5.26 Å². The molecule has 2 N–H and O–H groups in total. The fourth-order valence-electron chi connectivity index (χ4n) is 2.23. The van der Waals surface area contributed by atoms with Gasteiger partial charge in [0.15, 0.2) is 5.82 Å². The lowest BCUT2D eigenvalue weighted by molar-refractivity contribution is 0.0962. The Bertz CT molecular complexity index is 921. The number of pyridine rings is 1. The van der Waals surface area contributed by atoms with Crippen LogP contribution in [0.1, 0.15) is 15.9 Å². The number of carbonyl (C=O) groups is 1. The number of nitrogens with zero attached hydrogens (tertiary/aromatic N) is 4. The van der Waals surface area contributed by atoms with Gasteiger partial charge in [0, 0.05) is 13.2 Å². The maximum atomic E-state index is 11.5. The Labute approximate surface area is 137 Å². The zero-order chi connectivity index (χ0) is 17.1. The van der Waals surface area contributed by atoms with E-state index in [4.69, 9.17) is 5.26 Å². The van der Waals surface area contributed by atoms with Crippen LogP contribution in [0.5, 0.6) is 5.88 Å². The SMILES string of the molecule is CNC(=O)c1ccc(-n2ncc(-c3ccc(C#N)cc3)c2O)nc1. The first kappa shape index (κ1) is 15.2. The van der Waals surface area contributed by atoms with Gasteiger partial charge in [0.05, 0.1) is 29.0 Å². The molecule has 24 heavy (non-hydrogen) atoms. The highest BCUT2D eigenvalue weighted by molar-refractivity contribution is 5.93. The van der Waals surface area contributed by atoms with E-state index in [1.807, 2.05) is 6.07 Å². The first-order valence-corrected chi connectivity index (χ1v) is 7.10. The van der Waals surface area contributed by atoms with Gasteiger partial charge in [-0.1, -0.05) is 12.1 Å². The Morgan fingerprint density at radius 3 is 2.54 bits per heavy atom. The van der Waals surface area contributed by atoms with Crippen molar-refractivity contribution in [3.8, 4) is 28.9 Å². The highest BCUT2D eigenvalue weighted by Gasteiger charge is 2.14. The monoisotopic (exact) mass is 319 g/mol. The highest BCUT2D eigenvalue weighted by Crippen LogP contribution is 2.30. The molecule has 0 atom stereocenters. The van der Waals surface area contributed by atoms with Crippen LogP contribution in [-0.2, 0) is 0 Å². The standard InChI is InChI=1S/C17H13N5O2/c1-19-16(23)13-6-7-15(20-9-13)22-17(24)14(10-21-22)12-4-2-11(8-18)3-5-12/h2-7,9-10,24H,1H3,(H,19,23). The summed E-state index contributed by atoms with van der Waals surface area (Å²) < 4.78 is 1.28. The number of amides is 1. The fraction of sp³-hybridized carbons (Fsp3) is 0.0588. The van der Waals surface area contributed by atoms with Crippen LogP contribution in [0.2, 0.25) is 0 Å². The van der Waals surface area contributed by atoms with Crippen molar-refractivity contribution in [2.75, 3.05) is 7.05 Å². The molecular formula is C17H13N5O2. The van der Waals surface area contributed by atoms with E-state index in [9.17, 15) is 9.90 Å². The summed E-state index contributed by atoms with van der Waals surface area (Å²) in [6, 6.07) is 12.1. The number of aromatic hydroxyl groups is 1. The molecule has 0 spiro atoms. The predicted octanol–water partition coefficient (Wildman–Crippen LogP) is 1.87. The number of hydrogen-bond donors (Lipinski definition) is 2. The van der Waals surface area contributed by atoms with Crippen LogP contribution in [0.4, 0.5) is 0 Å². The molecule has 2 aromatic heterocycles. The molecule has 2 heterocycles. The Morgan fingerprint density at radius 2 is 1.96 bits per heavy atom. The maximum absolute atomic E-state index is 11.5. The van der Waals surface area contributed by atoms with Gasteiger partial charge in [-0.3, -0.25) is 4.79 Å². The van der Waals surface area contributed by atoms with Gasteiger partial charge in [-0.25, -0.2) is 4.98 Å². The van der Waals surface area contributed by atoms with Gasteiger partial charge in [0.1, 0.15) is 0 Å². The van der Waals surface area contributed by atoms with E-state index in [1.54, 1.807) is 43.4 Å². The molecule has 1 aromatic carbocycles. The molecule has 3 aromatic rings. The summed E-state index contributed by atoms with van der Waals surface area (Å²) in [5.74, 6) is 0.0805. The molecule has 3 rings (SSSR count). The molecule has 0 aliphatic heterocycles. The van der Waals surface area contributed by atoms with Gasteiger partial charge < -0.3 is 10.4 Å². The third kappa shape index (κ3) is 2.68. The highest BCUT2D eigenvalue weighted by atomic mass is 16.3. The molecule has 0 unspecified atom stereocenters. The second kappa shape index (κ2) is 6.22. The van der Waals surface area contributed by atoms with Crippen LogP contribution in [0.25, 0.3) is 16.9 Å². The van der Waals surface area contributed by atoms with Crippen LogP contribution in [0.15, 0.2) is 48.8 Å². The second-order valence-corrected chi connectivity index (χ2v) is 4.97. The summed E-state index contributed by atoms with van der Waals surface area (Å²) in [6.07, 6.45) is 2.93. The molecule has 118 valence electrons. The van der Waals surface area contributed by atoms with Crippen molar-refractivity contribution in [2.24, 2.45) is 0 Å². The van der Waals surface area contributed by atoms with Gasteiger partial charge in [-0.15, -0.1) is 0 Å². The lowest BCUT2D eigenvalue weighted by Crippen LogP contribution is -2.18. The minimum absolute atomic E-state index is 0.0695. The molecule has 0 aliphatic rings. The van der Waals surface area contributed by atoms with E-state index in [-0.39, 0.29) is 11.8 Å². The summed E-state index contributed by atoms with van der Waals surface area (Å²) in [5.41, 5.74) is 2.22. The smallest absolute Gasteiger partial charge is 0.252 e. The quantitative estimate of drug-likeness (QED) is 0.767. The number of aromatic nitrogens is 3. The van der Waals surface area contributed by atoms with Crippen molar-refractivity contribution < 1.29 is 9.90 Å². The van der Waals surface area contributed by atoms with E-state index in [0.717, 1.165) is 5.56 Å². The fourth-order valence-corrected chi connectivity index (χ4v) is 2.23. The normalized spacial score (nSPS) is 10.2. The third-order valence-corrected chi connectivity index (χ3v) is 3.52. The van der Waals surface area contributed by atoms with Gasteiger partial charge in [-0.05, 0) is 29.8 Å². The van der Waals surface area contributed by atoms with E-state index >= 15 is 0 Å². The van der Waals surface area contributed by atoms with E-state index in [0.29, 0.717) is 22.5 Å². The lowest BCUT2D eigenvalue weighted by atomic mass is 10.1. The molecule has 0 saturated carbocycles. The van der Waals surface area contributed by atoms with Crippen LogP contribution >= 0.6 is 0 Å². The number of nitriles is 1. The van der Waals surface area contributed by atoms with Crippen molar-refractivity contribution >= 4 is 5.91 Å². The van der Waals surface area contributed by atoms with Crippen molar-refractivity contribution in [1.82, 2.24) is 20.1 Å². The summed E-state index contributed by atoms with van der Waals surface area (Å²) in [6.45, 7) is 0. The van der Waals surface area contributed by atoms with Gasteiger partial charge >= 0.3 is 0 Å². The number of hydrogen-bond acceptors (Lipinski definition) is 5. The molecule has 0 bridgehead atoms. The third-order valence-electron chi connectivity index (χ3n) is 3.52. The number of benzene rings is 1. The first-order valence-electron chi connectivity index (χ1n) is 7.10. The molecule has 7 nitrogen and oxygen atoms in total. The lowest BCUT2D eigenvalue weighted by Gasteiger charge is -2.05. The number of nitrogens with one attached hydrogen (secondary N) is 1. The average Bonchev–Trinajstić information content (AvgIpc) is 3.02. The summed E-state index contributed by atoms with van der Waals surface area (Å²) in [5, 5.41) is 25.9. The largest absolute Gasteiger partial charge is 0.493 e. The van der Waals surface area contributed by atoms with E-state index in [1.165, 1.54) is 17.1 Å². The van der Waals surface area contributed by atoms with Crippen molar-refractivity contribution in [3.05, 3.63) is 59.9 Å². The first-order chi connectivity index (χ1) is 11.6. The van der Waals surface area contributed by atoms with E-state index in [2.05, 4.69) is 15.4 Å². The zero-order valence-electron chi connectivity index (χ0n) is 12.8.